The number of hydrogen-bond acceptors (Lipinski definition) is 3. The van der Waals surface area contributed by atoms with Gasteiger partial charge in [0.05, 0.1) is 7.11 Å². The molecule has 4 nitrogen and oxygen atoms in total. The molecule has 110 valence electrons. The third-order valence-electron chi connectivity index (χ3n) is 2.98. The van der Waals surface area contributed by atoms with Crippen LogP contribution in [0.15, 0.2) is 48.5 Å². The largest absolute Gasteiger partial charge is 0.497 e. The Morgan fingerprint density at radius 1 is 1.05 bits per heavy atom. The summed E-state index contributed by atoms with van der Waals surface area (Å²) < 4.78 is 17.9. The van der Waals surface area contributed by atoms with Gasteiger partial charge in [0, 0.05) is 11.4 Å². The van der Waals surface area contributed by atoms with Crippen molar-refractivity contribution in [1.82, 2.24) is 0 Å². The molecule has 0 bridgehead atoms. The summed E-state index contributed by atoms with van der Waals surface area (Å²) in [6, 6.07) is 12.5. The van der Waals surface area contributed by atoms with E-state index in [1.165, 1.54) is 12.1 Å². The van der Waals surface area contributed by atoms with Crippen LogP contribution < -0.4 is 15.4 Å². The summed E-state index contributed by atoms with van der Waals surface area (Å²) in [5.74, 6) is 0.242. The minimum Gasteiger partial charge on any atom is -0.497 e. The second kappa shape index (κ2) is 6.74. The maximum atomic E-state index is 12.8. The van der Waals surface area contributed by atoms with Crippen LogP contribution in [-0.2, 0) is 4.79 Å². The predicted molar refractivity (Wildman–Crippen MR) is 81.1 cm³/mol. The third-order valence-corrected chi connectivity index (χ3v) is 2.98. The highest BCUT2D eigenvalue weighted by atomic mass is 19.1. The molecule has 0 unspecified atom stereocenters. The Morgan fingerprint density at radius 2 is 1.62 bits per heavy atom. The van der Waals surface area contributed by atoms with Crippen molar-refractivity contribution in [2.45, 2.75) is 13.0 Å². The zero-order valence-electron chi connectivity index (χ0n) is 11.9. The van der Waals surface area contributed by atoms with E-state index in [0.717, 1.165) is 5.75 Å². The van der Waals surface area contributed by atoms with Crippen LogP contribution in [0, 0.1) is 5.82 Å². The maximum Gasteiger partial charge on any atom is 0.246 e. The lowest BCUT2D eigenvalue weighted by Crippen LogP contribution is -2.31. The summed E-state index contributed by atoms with van der Waals surface area (Å²) in [5, 5.41) is 5.80. The Hall–Kier alpha value is -2.56. The molecule has 2 N–H and O–H groups in total. The third kappa shape index (κ3) is 4.21. The van der Waals surface area contributed by atoms with E-state index >= 15 is 0 Å². The lowest BCUT2D eigenvalue weighted by molar-refractivity contribution is -0.116. The van der Waals surface area contributed by atoms with Gasteiger partial charge in [-0.2, -0.15) is 0 Å². The van der Waals surface area contributed by atoms with Gasteiger partial charge in [0.25, 0.3) is 0 Å². The lowest BCUT2D eigenvalue weighted by Gasteiger charge is -2.15. The first kappa shape index (κ1) is 14.8. The quantitative estimate of drug-likeness (QED) is 0.887. The van der Waals surface area contributed by atoms with Crippen LogP contribution in [0.5, 0.6) is 5.75 Å². The minimum atomic E-state index is -0.447. The topological polar surface area (TPSA) is 50.4 Å². The Bertz CT molecular complexity index is 597. The molecular weight excluding hydrogens is 271 g/mol. The van der Waals surface area contributed by atoms with E-state index in [0.29, 0.717) is 11.4 Å². The summed E-state index contributed by atoms with van der Waals surface area (Å²) in [5.41, 5.74) is 1.38. The van der Waals surface area contributed by atoms with E-state index < -0.39 is 6.04 Å². The van der Waals surface area contributed by atoms with Gasteiger partial charge in [0.2, 0.25) is 5.91 Å². The molecule has 0 saturated carbocycles. The number of benzene rings is 2. The highest BCUT2D eigenvalue weighted by molar-refractivity contribution is 5.96. The average molecular weight is 288 g/mol. The van der Waals surface area contributed by atoms with Gasteiger partial charge in [-0.05, 0) is 55.5 Å². The fraction of sp³-hybridized carbons (Fsp3) is 0.188. The number of amides is 1. The molecule has 2 aromatic carbocycles. The van der Waals surface area contributed by atoms with Crippen molar-refractivity contribution in [3.63, 3.8) is 0 Å². The summed E-state index contributed by atoms with van der Waals surface area (Å²) >= 11 is 0. The second-order valence-corrected chi connectivity index (χ2v) is 4.59. The number of anilines is 2. The zero-order valence-corrected chi connectivity index (χ0v) is 11.9. The van der Waals surface area contributed by atoms with Crippen LogP contribution >= 0.6 is 0 Å². The highest BCUT2D eigenvalue weighted by Crippen LogP contribution is 2.16. The van der Waals surface area contributed by atoms with Gasteiger partial charge in [-0.1, -0.05) is 0 Å². The fourth-order valence-electron chi connectivity index (χ4n) is 1.79. The molecule has 5 heteroatoms. The van der Waals surface area contributed by atoms with E-state index in [1.807, 2.05) is 0 Å². The number of carbonyl (C=O) groups is 1. The molecule has 2 rings (SSSR count). The standard InChI is InChI=1S/C16H17FN2O2/c1-11(18-13-5-3-12(17)4-6-13)16(20)19-14-7-9-15(21-2)10-8-14/h3-11,18H,1-2H3,(H,19,20)/t11-/m0/s1. The van der Waals surface area contributed by atoms with Gasteiger partial charge < -0.3 is 15.4 Å². The van der Waals surface area contributed by atoms with E-state index in [2.05, 4.69) is 10.6 Å². The van der Waals surface area contributed by atoms with Crippen LogP contribution in [0.4, 0.5) is 15.8 Å². The molecule has 0 spiro atoms. The molecule has 21 heavy (non-hydrogen) atoms. The van der Waals surface area contributed by atoms with Crippen LogP contribution in [0.3, 0.4) is 0 Å². The van der Waals surface area contributed by atoms with E-state index in [-0.39, 0.29) is 11.7 Å². The number of rotatable bonds is 5. The normalized spacial score (nSPS) is 11.6. The Morgan fingerprint density at radius 3 is 2.19 bits per heavy atom. The predicted octanol–water partition coefficient (Wildman–Crippen LogP) is 3.27. The van der Waals surface area contributed by atoms with Gasteiger partial charge >= 0.3 is 0 Å². The number of carbonyl (C=O) groups excluding carboxylic acids is 1. The van der Waals surface area contributed by atoms with Crippen molar-refractivity contribution in [3.05, 3.63) is 54.3 Å². The molecular formula is C16H17FN2O2. The minimum absolute atomic E-state index is 0.176. The summed E-state index contributed by atoms with van der Waals surface area (Å²) in [7, 11) is 1.59. The highest BCUT2D eigenvalue weighted by Gasteiger charge is 2.12. The van der Waals surface area contributed by atoms with Crippen LogP contribution in [-0.4, -0.2) is 19.1 Å². The first-order valence-electron chi connectivity index (χ1n) is 6.55. The fourth-order valence-corrected chi connectivity index (χ4v) is 1.79. The number of methoxy groups -OCH3 is 1. The maximum absolute atomic E-state index is 12.8. The lowest BCUT2D eigenvalue weighted by atomic mass is 10.2. The van der Waals surface area contributed by atoms with Crippen LogP contribution in [0.25, 0.3) is 0 Å². The number of halogens is 1. The molecule has 0 aromatic heterocycles. The molecule has 0 saturated heterocycles. The van der Waals surface area contributed by atoms with Crippen LogP contribution in [0.2, 0.25) is 0 Å². The molecule has 0 aliphatic heterocycles. The van der Waals surface area contributed by atoms with Gasteiger partial charge in [0.15, 0.2) is 0 Å². The summed E-state index contributed by atoms with van der Waals surface area (Å²) in [6.45, 7) is 1.74. The van der Waals surface area contributed by atoms with Gasteiger partial charge in [0.1, 0.15) is 17.6 Å². The summed E-state index contributed by atoms with van der Waals surface area (Å²) in [6.07, 6.45) is 0. The van der Waals surface area contributed by atoms with Gasteiger partial charge in [-0.3, -0.25) is 4.79 Å². The van der Waals surface area contributed by atoms with E-state index in [1.54, 1.807) is 50.4 Å². The summed E-state index contributed by atoms with van der Waals surface area (Å²) in [4.78, 5) is 12.1. The first-order valence-corrected chi connectivity index (χ1v) is 6.55. The van der Waals surface area contributed by atoms with Crippen molar-refractivity contribution < 1.29 is 13.9 Å². The van der Waals surface area contributed by atoms with Crippen LogP contribution in [0.1, 0.15) is 6.92 Å². The average Bonchev–Trinajstić information content (AvgIpc) is 2.50. The Labute approximate surface area is 122 Å². The molecule has 0 aliphatic rings. The Kier molecular flexibility index (Phi) is 4.77. The number of ether oxygens (including phenoxy) is 1. The number of nitrogens with one attached hydrogen (secondary N) is 2. The van der Waals surface area contributed by atoms with Gasteiger partial charge in [-0.15, -0.1) is 0 Å². The molecule has 2 aromatic rings. The van der Waals surface area contributed by atoms with E-state index in [4.69, 9.17) is 4.74 Å². The van der Waals surface area contributed by atoms with Crippen molar-refractivity contribution in [3.8, 4) is 5.75 Å². The molecule has 1 atom stereocenters. The number of hydrogen-bond donors (Lipinski definition) is 2. The molecule has 0 aliphatic carbocycles. The second-order valence-electron chi connectivity index (χ2n) is 4.59. The SMILES string of the molecule is COc1ccc(NC(=O)[C@H](C)Nc2ccc(F)cc2)cc1. The first-order chi connectivity index (χ1) is 10.1. The van der Waals surface area contributed by atoms with Crippen molar-refractivity contribution >= 4 is 17.3 Å². The van der Waals surface area contributed by atoms with Gasteiger partial charge in [-0.25, -0.2) is 4.39 Å². The Balaban J connectivity index is 1.93. The van der Waals surface area contributed by atoms with E-state index in [9.17, 15) is 9.18 Å². The zero-order chi connectivity index (χ0) is 15.2. The molecule has 1 amide bonds. The van der Waals surface area contributed by atoms with Crippen molar-refractivity contribution in [2.75, 3.05) is 17.7 Å². The van der Waals surface area contributed by atoms with Crippen molar-refractivity contribution in [1.29, 1.82) is 0 Å². The molecule has 0 radical (unpaired) electrons. The smallest absolute Gasteiger partial charge is 0.246 e. The molecule has 0 fully saturated rings. The monoisotopic (exact) mass is 288 g/mol. The molecule has 0 heterocycles. The van der Waals surface area contributed by atoms with Crippen molar-refractivity contribution in [2.24, 2.45) is 0 Å².